The van der Waals surface area contributed by atoms with Crippen LogP contribution in [0.3, 0.4) is 0 Å². The van der Waals surface area contributed by atoms with Gasteiger partial charge in [0, 0.05) is 5.56 Å². The van der Waals surface area contributed by atoms with Gasteiger partial charge in [0.15, 0.2) is 0 Å². The molecule has 5 nitrogen and oxygen atoms in total. The molecular weight excluding hydrogens is 390 g/mol. The van der Waals surface area contributed by atoms with E-state index in [0.29, 0.717) is 33.8 Å². The summed E-state index contributed by atoms with van der Waals surface area (Å²) in [4.78, 5) is 12.7. The molecule has 0 aliphatic heterocycles. The van der Waals surface area contributed by atoms with Gasteiger partial charge in [-0.3, -0.25) is 0 Å². The van der Waals surface area contributed by atoms with Gasteiger partial charge in [0.05, 0.1) is 29.9 Å². The summed E-state index contributed by atoms with van der Waals surface area (Å²) in [6.07, 6.45) is 1.67. The second-order valence-corrected chi connectivity index (χ2v) is 7.52. The molecule has 3 rings (SSSR count). The highest BCUT2D eigenvalue weighted by atomic mass is 16.5. The number of benzene rings is 3. The third-order valence-electron chi connectivity index (χ3n) is 4.51. The van der Waals surface area contributed by atoms with Crippen molar-refractivity contribution in [1.29, 1.82) is 5.26 Å². The summed E-state index contributed by atoms with van der Waals surface area (Å²) in [6.45, 7) is 3.31. The van der Waals surface area contributed by atoms with E-state index in [1.165, 1.54) is 0 Å². The molecule has 0 fully saturated rings. The van der Waals surface area contributed by atoms with Crippen LogP contribution in [0.4, 0.5) is 0 Å². The zero-order valence-electron chi connectivity index (χ0n) is 17.6. The number of aliphatic hydroxyl groups is 1. The molecule has 0 saturated carbocycles. The number of carbonyl (C=O) groups excluding carboxylic acids is 1. The number of hydrogen-bond donors (Lipinski definition) is 1. The number of hydrogen-bond acceptors (Lipinski definition) is 5. The van der Waals surface area contributed by atoms with Gasteiger partial charge >= 0.3 is 5.97 Å². The fourth-order valence-electron chi connectivity index (χ4n) is 3.07. The van der Waals surface area contributed by atoms with E-state index in [1.54, 1.807) is 81.6 Å². The van der Waals surface area contributed by atoms with Gasteiger partial charge in [-0.25, -0.2) is 4.79 Å². The molecule has 0 spiro atoms. The summed E-state index contributed by atoms with van der Waals surface area (Å²) in [6, 6.07) is 22.9. The third kappa shape index (κ3) is 5.59. The van der Waals surface area contributed by atoms with E-state index < -0.39 is 11.6 Å². The Labute approximate surface area is 181 Å². The van der Waals surface area contributed by atoms with E-state index in [0.717, 1.165) is 5.56 Å². The zero-order chi connectivity index (χ0) is 22.4. The van der Waals surface area contributed by atoms with Gasteiger partial charge in [0.1, 0.15) is 11.5 Å². The number of ether oxygens (including phenoxy) is 2. The predicted octanol–water partition coefficient (Wildman–Crippen LogP) is 4.99. The van der Waals surface area contributed by atoms with Crippen molar-refractivity contribution in [2.24, 2.45) is 0 Å². The number of nitriles is 1. The number of nitrogens with zero attached hydrogens (tertiary/aromatic N) is 1. The topological polar surface area (TPSA) is 79.6 Å². The number of esters is 1. The molecule has 0 unspecified atom stereocenters. The van der Waals surface area contributed by atoms with E-state index in [-0.39, 0.29) is 0 Å². The molecule has 156 valence electrons. The molecule has 0 amide bonds. The van der Waals surface area contributed by atoms with Crippen LogP contribution in [0.15, 0.2) is 78.9 Å². The second kappa shape index (κ2) is 9.29. The van der Waals surface area contributed by atoms with Crippen molar-refractivity contribution >= 4 is 11.5 Å². The Kier molecular flexibility index (Phi) is 6.54. The van der Waals surface area contributed by atoms with Gasteiger partial charge in [-0.1, -0.05) is 30.3 Å². The summed E-state index contributed by atoms with van der Waals surface area (Å²) < 4.78 is 10.9. The lowest BCUT2D eigenvalue weighted by atomic mass is 9.91. The van der Waals surface area contributed by atoms with E-state index in [2.05, 4.69) is 6.07 Å². The van der Waals surface area contributed by atoms with Crippen molar-refractivity contribution in [3.8, 4) is 17.6 Å². The van der Waals surface area contributed by atoms with Crippen LogP contribution in [-0.4, -0.2) is 23.8 Å². The van der Waals surface area contributed by atoms with Crippen LogP contribution >= 0.6 is 0 Å². The minimum Gasteiger partial charge on any atom is -0.497 e. The van der Waals surface area contributed by atoms with Crippen molar-refractivity contribution in [1.82, 2.24) is 0 Å². The lowest BCUT2D eigenvalue weighted by molar-refractivity contribution is 0.0734. The largest absolute Gasteiger partial charge is 0.497 e. The molecule has 5 heteroatoms. The highest BCUT2D eigenvalue weighted by molar-refractivity contribution is 5.93. The minimum absolute atomic E-state index is 0.291. The van der Waals surface area contributed by atoms with Crippen LogP contribution in [0.1, 0.15) is 40.9 Å². The molecule has 31 heavy (non-hydrogen) atoms. The van der Waals surface area contributed by atoms with Crippen molar-refractivity contribution in [3.05, 3.63) is 101 Å². The van der Waals surface area contributed by atoms with Crippen LogP contribution in [-0.2, 0) is 0 Å². The van der Waals surface area contributed by atoms with Gasteiger partial charge in [0.2, 0.25) is 0 Å². The van der Waals surface area contributed by atoms with E-state index in [4.69, 9.17) is 9.47 Å². The summed E-state index contributed by atoms with van der Waals surface area (Å²) in [7, 11) is 1.58. The molecule has 0 radical (unpaired) electrons. The quantitative estimate of drug-likeness (QED) is 0.455. The Bertz CT molecular complexity index is 1130. The van der Waals surface area contributed by atoms with Crippen LogP contribution in [0.2, 0.25) is 0 Å². The van der Waals surface area contributed by atoms with Gasteiger partial charge in [-0.15, -0.1) is 0 Å². The maximum atomic E-state index is 12.7. The van der Waals surface area contributed by atoms with Crippen molar-refractivity contribution < 1.29 is 19.4 Å². The number of rotatable bonds is 6. The highest BCUT2D eigenvalue weighted by Crippen LogP contribution is 2.35. The van der Waals surface area contributed by atoms with Gasteiger partial charge in [-0.05, 0) is 73.5 Å². The second-order valence-electron chi connectivity index (χ2n) is 7.52. The first kappa shape index (κ1) is 21.8. The SMILES string of the molecule is COc1ccc(/C(=C/C(C)(C)O)c2cc(C#N)ccc2OC(=O)c2ccccc2)cc1. The first-order valence-electron chi connectivity index (χ1n) is 9.72. The lowest BCUT2D eigenvalue weighted by Gasteiger charge is -2.19. The molecule has 0 bridgehead atoms. The van der Waals surface area contributed by atoms with E-state index in [9.17, 15) is 15.2 Å². The summed E-state index contributed by atoms with van der Waals surface area (Å²) in [5.41, 5.74) is 1.59. The van der Waals surface area contributed by atoms with Crippen molar-refractivity contribution in [2.75, 3.05) is 7.11 Å². The molecule has 0 aromatic heterocycles. The number of carbonyl (C=O) groups is 1. The van der Waals surface area contributed by atoms with E-state index in [1.807, 2.05) is 18.2 Å². The van der Waals surface area contributed by atoms with Crippen molar-refractivity contribution in [3.63, 3.8) is 0 Å². The fourth-order valence-corrected chi connectivity index (χ4v) is 3.07. The molecule has 0 aliphatic rings. The average molecular weight is 413 g/mol. The monoisotopic (exact) mass is 413 g/mol. The summed E-state index contributed by atoms with van der Waals surface area (Å²) >= 11 is 0. The summed E-state index contributed by atoms with van der Waals surface area (Å²) in [5, 5.41) is 19.9. The molecule has 0 aliphatic carbocycles. The van der Waals surface area contributed by atoms with E-state index >= 15 is 0 Å². The number of methoxy groups -OCH3 is 1. The Morgan fingerprint density at radius 2 is 1.68 bits per heavy atom. The Morgan fingerprint density at radius 3 is 2.26 bits per heavy atom. The molecular formula is C26H23NO4. The van der Waals surface area contributed by atoms with Gasteiger partial charge in [0.25, 0.3) is 0 Å². The standard InChI is InChI=1S/C26H23NO4/c1-26(2,29)16-23(19-10-12-21(30-3)13-11-19)22-15-18(17-27)9-14-24(22)31-25(28)20-7-5-4-6-8-20/h4-16,29H,1-3H3/b23-16-. The molecule has 1 N–H and O–H groups in total. The van der Waals surface area contributed by atoms with Crippen LogP contribution in [0.25, 0.3) is 5.57 Å². The average Bonchev–Trinajstić information content (AvgIpc) is 2.78. The van der Waals surface area contributed by atoms with Crippen LogP contribution in [0.5, 0.6) is 11.5 Å². The maximum Gasteiger partial charge on any atom is 0.343 e. The fraction of sp³-hybridized carbons (Fsp3) is 0.154. The first-order chi connectivity index (χ1) is 14.8. The van der Waals surface area contributed by atoms with Gasteiger partial charge in [-0.2, -0.15) is 5.26 Å². The Hall–Kier alpha value is -3.88. The predicted molar refractivity (Wildman–Crippen MR) is 119 cm³/mol. The van der Waals surface area contributed by atoms with Gasteiger partial charge < -0.3 is 14.6 Å². The molecule has 3 aromatic rings. The highest BCUT2D eigenvalue weighted by Gasteiger charge is 2.20. The third-order valence-corrected chi connectivity index (χ3v) is 4.51. The van der Waals surface area contributed by atoms with Crippen molar-refractivity contribution in [2.45, 2.75) is 19.4 Å². The van der Waals surface area contributed by atoms with Crippen LogP contribution < -0.4 is 9.47 Å². The smallest absolute Gasteiger partial charge is 0.343 e. The Morgan fingerprint density at radius 1 is 1.00 bits per heavy atom. The molecule has 0 saturated heterocycles. The minimum atomic E-state index is -1.15. The lowest BCUT2D eigenvalue weighted by Crippen LogP contribution is -2.16. The normalized spacial score (nSPS) is 11.5. The summed E-state index contributed by atoms with van der Waals surface area (Å²) in [5.74, 6) is 0.468. The maximum absolute atomic E-state index is 12.7. The zero-order valence-corrected chi connectivity index (χ0v) is 17.6. The molecule has 0 heterocycles. The Balaban J connectivity index is 2.14. The molecule has 3 aromatic carbocycles. The first-order valence-corrected chi connectivity index (χ1v) is 9.72. The molecule has 0 atom stereocenters. The van der Waals surface area contributed by atoms with Crippen LogP contribution in [0, 0.1) is 11.3 Å².